The summed E-state index contributed by atoms with van der Waals surface area (Å²) in [5.74, 6) is 1.26. The third kappa shape index (κ3) is 3.78. The van der Waals surface area contributed by atoms with E-state index in [2.05, 4.69) is 42.7 Å². The van der Waals surface area contributed by atoms with Crippen molar-refractivity contribution >= 4 is 11.5 Å². The van der Waals surface area contributed by atoms with E-state index in [1.54, 1.807) is 12.4 Å². The minimum Gasteiger partial charge on any atom is -0.265 e. The first-order valence-corrected chi connectivity index (χ1v) is 8.86. The summed E-state index contributed by atoms with van der Waals surface area (Å²) in [4.78, 5) is 12.7. The summed E-state index contributed by atoms with van der Waals surface area (Å²) in [7, 11) is 0. The first kappa shape index (κ1) is 17.5. The van der Waals surface area contributed by atoms with Gasteiger partial charge in [0, 0.05) is 29.6 Å². The molecule has 1 aromatic carbocycles. The third-order valence-corrected chi connectivity index (χ3v) is 4.21. The van der Waals surface area contributed by atoms with Gasteiger partial charge in [-0.25, -0.2) is 14.6 Å². The molecule has 0 aliphatic carbocycles. The van der Waals surface area contributed by atoms with Crippen LogP contribution >= 0.6 is 0 Å². The van der Waals surface area contributed by atoms with Crippen LogP contribution in [-0.4, -0.2) is 30.4 Å². The zero-order valence-electron chi connectivity index (χ0n) is 15.6. The molecule has 3 aromatic heterocycles. The molecular formula is C21H19N7. The highest BCUT2D eigenvalue weighted by atomic mass is 15.3. The fraction of sp³-hybridized carbons (Fsp3) is 0.0952. The standard InChI is InChI=1S/C21H19N7/c1-15-12-19(18-6-4-3-5-7-18)28(27-15)21-13-20(23-14-24-21)26-25-16(2)17-8-10-22-11-9-17/h3-14H,1-2H3,(H,23,24,26). The predicted octanol–water partition coefficient (Wildman–Crippen LogP) is 3.87. The van der Waals surface area contributed by atoms with Crippen LogP contribution in [0, 0.1) is 6.92 Å². The van der Waals surface area contributed by atoms with Gasteiger partial charge < -0.3 is 0 Å². The molecule has 138 valence electrons. The third-order valence-electron chi connectivity index (χ3n) is 4.21. The Labute approximate surface area is 162 Å². The molecule has 1 N–H and O–H groups in total. The second-order valence-corrected chi connectivity index (χ2v) is 6.26. The average Bonchev–Trinajstić information content (AvgIpc) is 3.15. The van der Waals surface area contributed by atoms with E-state index >= 15 is 0 Å². The second kappa shape index (κ2) is 7.79. The van der Waals surface area contributed by atoms with Gasteiger partial charge >= 0.3 is 0 Å². The van der Waals surface area contributed by atoms with E-state index in [1.807, 2.05) is 61.0 Å². The lowest BCUT2D eigenvalue weighted by molar-refractivity contribution is 0.832. The normalized spacial score (nSPS) is 11.4. The van der Waals surface area contributed by atoms with Crippen LogP contribution in [0.2, 0.25) is 0 Å². The molecule has 0 aliphatic rings. The molecule has 0 atom stereocenters. The molecule has 3 heterocycles. The Kier molecular flexibility index (Phi) is 4.88. The van der Waals surface area contributed by atoms with Gasteiger partial charge in [-0.3, -0.25) is 10.4 Å². The molecule has 0 saturated carbocycles. The maximum absolute atomic E-state index is 4.60. The SMILES string of the molecule is CC(=NNc1cc(-n2nc(C)cc2-c2ccccc2)ncn1)c1ccncc1. The number of anilines is 1. The van der Waals surface area contributed by atoms with Crippen LogP contribution < -0.4 is 5.43 Å². The van der Waals surface area contributed by atoms with Crippen LogP contribution in [0.3, 0.4) is 0 Å². The smallest absolute Gasteiger partial charge is 0.159 e. The fourth-order valence-electron chi connectivity index (χ4n) is 2.81. The molecule has 4 aromatic rings. The first-order chi connectivity index (χ1) is 13.7. The summed E-state index contributed by atoms with van der Waals surface area (Å²) in [6.07, 6.45) is 4.98. The van der Waals surface area contributed by atoms with Gasteiger partial charge in [0.25, 0.3) is 0 Å². The van der Waals surface area contributed by atoms with E-state index in [1.165, 1.54) is 6.33 Å². The number of aromatic nitrogens is 5. The fourth-order valence-corrected chi connectivity index (χ4v) is 2.81. The number of benzene rings is 1. The van der Waals surface area contributed by atoms with Crippen molar-refractivity contribution in [3.05, 3.63) is 84.6 Å². The average molecular weight is 369 g/mol. The van der Waals surface area contributed by atoms with Crippen molar-refractivity contribution in [1.29, 1.82) is 0 Å². The highest BCUT2D eigenvalue weighted by molar-refractivity contribution is 5.98. The second-order valence-electron chi connectivity index (χ2n) is 6.26. The zero-order valence-corrected chi connectivity index (χ0v) is 15.6. The Hall–Kier alpha value is -3.87. The van der Waals surface area contributed by atoms with Crippen molar-refractivity contribution in [3.63, 3.8) is 0 Å². The van der Waals surface area contributed by atoms with E-state index in [9.17, 15) is 0 Å². The van der Waals surface area contributed by atoms with E-state index in [0.717, 1.165) is 28.2 Å². The molecule has 0 spiro atoms. The quantitative estimate of drug-likeness (QED) is 0.427. The van der Waals surface area contributed by atoms with Crippen LogP contribution in [0.5, 0.6) is 0 Å². The number of pyridine rings is 1. The summed E-state index contributed by atoms with van der Waals surface area (Å²) < 4.78 is 1.82. The molecule has 7 heteroatoms. The summed E-state index contributed by atoms with van der Waals surface area (Å²) >= 11 is 0. The Bertz CT molecular complexity index is 1100. The van der Waals surface area contributed by atoms with Gasteiger partial charge in [-0.15, -0.1) is 0 Å². The topological polar surface area (TPSA) is 80.9 Å². The Morgan fingerprint density at radius 1 is 1.00 bits per heavy atom. The van der Waals surface area contributed by atoms with Gasteiger partial charge in [-0.2, -0.15) is 10.2 Å². The van der Waals surface area contributed by atoms with Crippen molar-refractivity contribution in [2.45, 2.75) is 13.8 Å². The molecular weight excluding hydrogens is 350 g/mol. The highest BCUT2D eigenvalue weighted by Crippen LogP contribution is 2.23. The molecule has 0 saturated heterocycles. The van der Waals surface area contributed by atoms with Gasteiger partial charge in [0.2, 0.25) is 0 Å². The number of nitrogens with one attached hydrogen (secondary N) is 1. The number of aryl methyl sites for hydroxylation is 1. The van der Waals surface area contributed by atoms with Crippen molar-refractivity contribution in [3.8, 4) is 17.1 Å². The van der Waals surface area contributed by atoms with Crippen LogP contribution in [0.4, 0.5) is 5.82 Å². The van der Waals surface area contributed by atoms with E-state index in [-0.39, 0.29) is 0 Å². The number of hydrogen-bond donors (Lipinski definition) is 1. The highest BCUT2D eigenvalue weighted by Gasteiger charge is 2.11. The van der Waals surface area contributed by atoms with E-state index in [0.29, 0.717) is 11.6 Å². The molecule has 7 nitrogen and oxygen atoms in total. The molecule has 0 radical (unpaired) electrons. The van der Waals surface area contributed by atoms with Crippen LogP contribution in [0.25, 0.3) is 17.1 Å². The zero-order chi connectivity index (χ0) is 19.3. The van der Waals surface area contributed by atoms with Gasteiger partial charge in [0.05, 0.1) is 17.1 Å². The Balaban J connectivity index is 1.64. The lowest BCUT2D eigenvalue weighted by atomic mass is 10.1. The number of rotatable bonds is 5. The van der Waals surface area contributed by atoms with Gasteiger partial charge in [0.1, 0.15) is 6.33 Å². The number of nitrogens with zero attached hydrogens (tertiary/aromatic N) is 6. The van der Waals surface area contributed by atoms with Gasteiger partial charge in [0.15, 0.2) is 11.6 Å². The van der Waals surface area contributed by atoms with Crippen molar-refractivity contribution < 1.29 is 0 Å². The minimum absolute atomic E-state index is 0.588. The van der Waals surface area contributed by atoms with E-state index in [4.69, 9.17) is 0 Å². The van der Waals surface area contributed by atoms with Crippen LogP contribution in [0.15, 0.2) is 78.4 Å². The number of hydrogen-bond acceptors (Lipinski definition) is 6. The lowest BCUT2D eigenvalue weighted by Crippen LogP contribution is -2.05. The van der Waals surface area contributed by atoms with Gasteiger partial charge in [-0.1, -0.05) is 30.3 Å². The molecule has 0 aliphatic heterocycles. The molecule has 0 unspecified atom stereocenters. The summed E-state index contributed by atoms with van der Waals surface area (Å²) in [6.45, 7) is 3.89. The van der Waals surface area contributed by atoms with Crippen LogP contribution in [0.1, 0.15) is 18.2 Å². The van der Waals surface area contributed by atoms with Crippen LogP contribution in [-0.2, 0) is 0 Å². The number of hydrazone groups is 1. The van der Waals surface area contributed by atoms with Crippen molar-refractivity contribution in [2.75, 3.05) is 5.43 Å². The monoisotopic (exact) mass is 369 g/mol. The maximum Gasteiger partial charge on any atom is 0.159 e. The molecule has 28 heavy (non-hydrogen) atoms. The van der Waals surface area contributed by atoms with Crippen molar-refractivity contribution in [2.24, 2.45) is 5.10 Å². The van der Waals surface area contributed by atoms with Crippen molar-refractivity contribution in [1.82, 2.24) is 24.7 Å². The van der Waals surface area contributed by atoms with Gasteiger partial charge in [-0.05, 0) is 32.0 Å². The first-order valence-electron chi connectivity index (χ1n) is 8.86. The summed E-state index contributed by atoms with van der Waals surface area (Å²) in [5, 5.41) is 9.00. The summed E-state index contributed by atoms with van der Waals surface area (Å²) in [6, 6.07) is 17.8. The molecule has 0 amide bonds. The summed E-state index contributed by atoms with van der Waals surface area (Å²) in [5.41, 5.74) is 7.78. The molecule has 0 fully saturated rings. The Morgan fingerprint density at radius 3 is 2.57 bits per heavy atom. The van der Waals surface area contributed by atoms with E-state index < -0.39 is 0 Å². The molecule has 4 rings (SSSR count). The lowest BCUT2D eigenvalue weighted by Gasteiger charge is -2.08. The molecule has 0 bridgehead atoms. The maximum atomic E-state index is 4.60. The largest absolute Gasteiger partial charge is 0.265 e. The predicted molar refractivity (Wildman–Crippen MR) is 109 cm³/mol. The minimum atomic E-state index is 0.588. The Morgan fingerprint density at radius 2 is 1.79 bits per heavy atom.